The highest BCUT2D eigenvalue weighted by molar-refractivity contribution is 7.91. The smallest absolute Gasteiger partial charge is 0.237 e. The van der Waals surface area contributed by atoms with Crippen LogP contribution in [0.5, 0.6) is 0 Å². The van der Waals surface area contributed by atoms with Crippen LogP contribution in [0.25, 0.3) is 0 Å². The first-order chi connectivity index (χ1) is 8.74. The molecule has 0 radical (unpaired) electrons. The van der Waals surface area contributed by atoms with E-state index in [9.17, 15) is 13.2 Å². The molecule has 1 aliphatic heterocycles. The zero-order valence-corrected chi connectivity index (χ0v) is 11.8. The second kappa shape index (κ2) is 4.61. The van der Waals surface area contributed by atoms with Gasteiger partial charge in [0.05, 0.1) is 16.2 Å². The van der Waals surface area contributed by atoms with Crippen LogP contribution in [0.3, 0.4) is 0 Å². The van der Waals surface area contributed by atoms with Crippen molar-refractivity contribution in [2.24, 2.45) is 5.73 Å². The van der Waals surface area contributed by atoms with Crippen LogP contribution in [0.4, 0.5) is 0 Å². The molecule has 5 nitrogen and oxygen atoms in total. The minimum Gasteiger partial charge on any atom is -0.368 e. The van der Waals surface area contributed by atoms with E-state index in [0.717, 1.165) is 0 Å². The van der Waals surface area contributed by atoms with Gasteiger partial charge in [0.2, 0.25) is 5.91 Å². The molecular formula is C13H18N2O3S. The maximum atomic E-state index is 12.0. The van der Waals surface area contributed by atoms with E-state index in [1.54, 1.807) is 38.1 Å². The lowest BCUT2D eigenvalue weighted by Crippen LogP contribution is -2.52. The molecule has 1 amide bonds. The van der Waals surface area contributed by atoms with E-state index < -0.39 is 21.3 Å². The zero-order valence-electron chi connectivity index (χ0n) is 11.0. The normalized spacial score (nSPS) is 21.7. The lowest BCUT2D eigenvalue weighted by molar-refractivity contribution is -0.123. The van der Waals surface area contributed by atoms with Crippen molar-refractivity contribution in [1.82, 2.24) is 5.32 Å². The van der Waals surface area contributed by atoms with Gasteiger partial charge in [0, 0.05) is 6.04 Å². The van der Waals surface area contributed by atoms with Crippen molar-refractivity contribution < 1.29 is 13.2 Å². The van der Waals surface area contributed by atoms with Gasteiger partial charge in [-0.25, -0.2) is 8.42 Å². The topological polar surface area (TPSA) is 89.3 Å². The van der Waals surface area contributed by atoms with Crippen LogP contribution in [0.15, 0.2) is 29.2 Å². The summed E-state index contributed by atoms with van der Waals surface area (Å²) in [5.41, 5.74) is 5.18. The number of nitrogens with one attached hydrogen (secondary N) is 1. The largest absolute Gasteiger partial charge is 0.368 e. The number of benzene rings is 1. The number of hydrogen-bond donors (Lipinski definition) is 2. The first-order valence-electron chi connectivity index (χ1n) is 6.13. The fourth-order valence-corrected chi connectivity index (χ4v) is 3.87. The lowest BCUT2D eigenvalue weighted by Gasteiger charge is -2.33. The minimum atomic E-state index is -3.21. The molecule has 1 unspecified atom stereocenters. The second-order valence-corrected chi connectivity index (χ2v) is 7.41. The molecule has 0 aliphatic carbocycles. The summed E-state index contributed by atoms with van der Waals surface area (Å²) in [7, 11) is -3.21. The summed E-state index contributed by atoms with van der Waals surface area (Å²) < 4.78 is 24.0. The number of primary amides is 1. The van der Waals surface area contributed by atoms with Crippen molar-refractivity contribution in [3.63, 3.8) is 0 Å². The maximum Gasteiger partial charge on any atom is 0.237 e. The Morgan fingerprint density at radius 2 is 2.00 bits per heavy atom. The maximum absolute atomic E-state index is 12.0. The molecule has 1 heterocycles. The SMILES string of the molecule is CC(C)(NC1CCS(=O)(=O)c2ccccc21)C(N)=O. The molecule has 19 heavy (non-hydrogen) atoms. The van der Waals surface area contributed by atoms with Gasteiger partial charge in [0.15, 0.2) is 9.84 Å². The van der Waals surface area contributed by atoms with E-state index in [-0.39, 0.29) is 11.8 Å². The molecule has 3 N–H and O–H groups in total. The molecule has 0 saturated heterocycles. The molecule has 0 bridgehead atoms. The highest BCUT2D eigenvalue weighted by Crippen LogP contribution is 2.33. The lowest BCUT2D eigenvalue weighted by atomic mass is 9.97. The summed E-state index contributed by atoms with van der Waals surface area (Å²) in [6, 6.07) is 6.71. The molecule has 0 spiro atoms. The van der Waals surface area contributed by atoms with Gasteiger partial charge in [-0.05, 0) is 31.9 Å². The fraction of sp³-hybridized carbons (Fsp3) is 0.462. The first kappa shape index (κ1) is 14.0. The highest BCUT2D eigenvalue weighted by Gasteiger charge is 2.34. The molecule has 0 aromatic heterocycles. The van der Waals surface area contributed by atoms with Gasteiger partial charge in [-0.1, -0.05) is 18.2 Å². The number of nitrogens with two attached hydrogens (primary N) is 1. The Morgan fingerprint density at radius 3 is 2.63 bits per heavy atom. The van der Waals surface area contributed by atoms with Crippen LogP contribution in [0, 0.1) is 0 Å². The number of amides is 1. The third kappa shape index (κ3) is 2.64. The molecule has 104 valence electrons. The van der Waals surface area contributed by atoms with Crippen molar-refractivity contribution >= 4 is 15.7 Å². The summed E-state index contributed by atoms with van der Waals surface area (Å²) in [5.74, 6) is -0.380. The molecule has 0 fully saturated rings. The van der Waals surface area contributed by atoms with Crippen molar-refractivity contribution in [1.29, 1.82) is 0 Å². The molecule has 0 saturated carbocycles. The third-order valence-corrected chi connectivity index (χ3v) is 5.27. The van der Waals surface area contributed by atoms with E-state index in [2.05, 4.69) is 5.32 Å². The number of carbonyl (C=O) groups is 1. The predicted octanol–water partition coefficient (Wildman–Crippen LogP) is 0.759. The molecule has 1 aliphatic rings. The monoisotopic (exact) mass is 282 g/mol. The molecular weight excluding hydrogens is 264 g/mol. The Labute approximate surface area is 113 Å². The van der Waals surface area contributed by atoms with E-state index in [1.807, 2.05) is 0 Å². The van der Waals surface area contributed by atoms with Crippen molar-refractivity contribution in [3.8, 4) is 0 Å². The Morgan fingerprint density at radius 1 is 1.37 bits per heavy atom. The Kier molecular flexibility index (Phi) is 3.40. The second-order valence-electron chi connectivity index (χ2n) is 5.33. The van der Waals surface area contributed by atoms with Crippen molar-refractivity contribution in [2.45, 2.75) is 36.7 Å². The zero-order chi connectivity index (χ0) is 14.3. The summed E-state index contributed by atoms with van der Waals surface area (Å²) in [5, 5.41) is 3.15. The van der Waals surface area contributed by atoms with Gasteiger partial charge in [-0.15, -0.1) is 0 Å². The highest BCUT2D eigenvalue weighted by atomic mass is 32.2. The molecule has 2 rings (SSSR count). The van der Waals surface area contributed by atoms with Gasteiger partial charge in [-0.2, -0.15) is 0 Å². The van der Waals surface area contributed by atoms with Crippen LogP contribution < -0.4 is 11.1 Å². The quantitative estimate of drug-likeness (QED) is 0.856. The van der Waals surface area contributed by atoms with Crippen LogP contribution in [-0.2, 0) is 14.6 Å². The summed E-state index contributed by atoms with van der Waals surface area (Å²) in [6.45, 7) is 3.39. The molecule has 6 heteroatoms. The fourth-order valence-electron chi connectivity index (χ4n) is 2.25. The van der Waals surface area contributed by atoms with E-state index in [0.29, 0.717) is 16.9 Å². The van der Waals surface area contributed by atoms with Gasteiger partial charge < -0.3 is 5.73 Å². The van der Waals surface area contributed by atoms with Crippen LogP contribution in [0.1, 0.15) is 31.9 Å². The molecule has 1 atom stereocenters. The van der Waals surface area contributed by atoms with Crippen LogP contribution >= 0.6 is 0 Å². The Bertz CT molecular complexity index is 608. The number of carbonyl (C=O) groups excluding carboxylic acids is 1. The van der Waals surface area contributed by atoms with Gasteiger partial charge >= 0.3 is 0 Å². The van der Waals surface area contributed by atoms with E-state index in [4.69, 9.17) is 5.73 Å². The van der Waals surface area contributed by atoms with Crippen LogP contribution in [0.2, 0.25) is 0 Å². The number of fused-ring (bicyclic) bond motifs is 1. The van der Waals surface area contributed by atoms with E-state index in [1.165, 1.54) is 0 Å². The minimum absolute atomic E-state index is 0.0799. The average Bonchev–Trinajstić information content (AvgIpc) is 2.33. The van der Waals surface area contributed by atoms with Crippen molar-refractivity contribution in [3.05, 3.63) is 29.8 Å². The summed E-state index contributed by atoms with van der Waals surface area (Å²) >= 11 is 0. The van der Waals surface area contributed by atoms with E-state index >= 15 is 0 Å². The van der Waals surface area contributed by atoms with Gasteiger partial charge in [-0.3, -0.25) is 10.1 Å². The first-order valence-corrected chi connectivity index (χ1v) is 7.78. The van der Waals surface area contributed by atoms with Gasteiger partial charge in [0.1, 0.15) is 0 Å². The summed E-state index contributed by atoms with van der Waals surface area (Å²) in [4.78, 5) is 11.7. The standard InChI is InChI=1S/C13H18N2O3S/c1-13(2,12(14)16)15-10-7-8-19(17,18)11-6-4-3-5-9(10)11/h3-6,10,15H,7-8H2,1-2H3,(H2,14,16). The predicted molar refractivity (Wildman–Crippen MR) is 72.3 cm³/mol. The Balaban J connectivity index is 2.39. The Hall–Kier alpha value is -1.40. The molecule has 1 aromatic carbocycles. The molecule has 1 aromatic rings. The van der Waals surface area contributed by atoms with Crippen molar-refractivity contribution in [2.75, 3.05) is 5.75 Å². The number of rotatable bonds is 3. The average molecular weight is 282 g/mol. The number of hydrogen-bond acceptors (Lipinski definition) is 4. The summed E-state index contributed by atoms with van der Waals surface area (Å²) in [6.07, 6.45) is 0.441. The van der Waals surface area contributed by atoms with Crippen LogP contribution in [-0.4, -0.2) is 25.6 Å². The van der Waals surface area contributed by atoms with Gasteiger partial charge in [0.25, 0.3) is 0 Å². The number of sulfone groups is 1. The third-order valence-electron chi connectivity index (χ3n) is 3.46.